The lowest BCUT2D eigenvalue weighted by molar-refractivity contribution is 0.102. The number of anilines is 1. The maximum atomic E-state index is 12.3. The van der Waals surface area contributed by atoms with Gasteiger partial charge in [0, 0.05) is 17.3 Å². The molecule has 0 saturated carbocycles. The van der Waals surface area contributed by atoms with Gasteiger partial charge in [-0.15, -0.1) is 0 Å². The van der Waals surface area contributed by atoms with Gasteiger partial charge in [-0.3, -0.25) is 9.78 Å². The van der Waals surface area contributed by atoms with Crippen molar-refractivity contribution in [1.29, 1.82) is 0 Å². The van der Waals surface area contributed by atoms with Gasteiger partial charge in [-0.1, -0.05) is 42.5 Å². The number of aromatic nitrogens is 1. The summed E-state index contributed by atoms with van der Waals surface area (Å²) in [4.78, 5) is 16.6. The molecule has 3 nitrogen and oxygen atoms in total. The largest absolute Gasteiger partial charge is 0.321 e. The molecule has 0 aliphatic carbocycles. The second-order valence-electron chi connectivity index (χ2n) is 4.58. The lowest BCUT2D eigenvalue weighted by Crippen LogP contribution is -2.12. The minimum Gasteiger partial charge on any atom is -0.321 e. The van der Waals surface area contributed by atoms with Crippen LogP contribution in [-0.2, 0) is 0 Å². The van der Waals surface area contributed by atoms with Crippen LogP contribution in [0.4, 0.5) is 5.69 Å². The van der Waals surface area contributed by atoms with Gasteiger partial charge in [-0.25, -0.2) is 0 Å². The predicted molar refractivity (Wildman–Crippen MR) is 84.1 cm³/mol. The molecule has 21 heavy (non-hydrogen) atoms. The second-order valence-corrected chi connectivity index (χ2v) is 4.58. The number of hydrogen-bond donors (Lipinski definition) is 1. The summed E-state index contributed by atoms with van der Waals surface area (Å²) >= 11 is 0. The molecular formula is C18H14N2O. The Morgan fingerprint density at radius 3 is 2.29 bits per heavy atom. The Labute approximate surface area is 123 Å². The second kappa shape index (κ2) is 6.01. The molecule has 102 valence electrons. The number of carbonyl (C=O) groups is 1. The lowest BCUT2D eigenvalue weighted by atomic mass is 10.1. The van der Waals surface area contributed by atoms with Crippen molar-refractivity contribution >= 4 is 11.6 Å². The average molecular weight is 274 g/mol. The zero-order valence-electron chi connectivity index (χ0n) is 11.4. The first-order chi connectivity index (χ1) is 10.3. The summed E-state index contributed by atoms with van der Waals surface area (Å²) in [5.41, 5.74) is 3.13. The molecule has 3 heteroatoms. The third kappa shape index (κ3) is 2.98. The summed E-state index contributed by atoms with van der Waals surface area (Å²) in [6, 6.07) is 22.5. The van der Waals surface area contributed by atoms with E-state index in [0.29, 0.717) is 5.56 Å². The molecule has 1 N–H and O–H groups in total. The molecule has 3 aromatic rings. The van der Waals surface area contributed by atoms with Gasteiger partial charge in [-0.05, 0) is 30.3 Å². The Morgan fingerprint density at radius 2 is 1.52 bits per heavy atom. The lowest BCUT2D eigenvalue weighted by Gasteiger charge is -2.10. The van der Waals surface area contributed by atoms with Gasteiger partial charge in [0.25, 0.3) is 5.91 Å². The van der Waals surface area contributed by atoms with Gasteiger partial charge < -0.3 is 5.32 Å². The average Bonchev–Trinajstić information content (AvgIpc) is 2.57. The first-order valence-electron chi connectivity index (χ1n) is 6.71. The van der Waals surface area contributed by atoms with Gasteiger partial charge in [-0.2, -0.15) is 0 Å². The molecule has 0 aliphatic rings. The first kappa shape index (κ1) is 13.1. The number of hydrogen-bond acceptors (Lipinski definition) is 2. The first-order valence-corrected chi connectivity index (χ1v) is 6.71. The summed E-state index contributed by atoms with van der Waals surface area (Å²) in [6.07, 6.45) is 1.74. The van der Waals surface area contributed by atoms with E-state index in [9.17, 15) is 4.79 Å². The number of pyridine rings is 1. The van der Waals surface area contributed by atoms with E-state index in [2.05, 4.69) is 10.3 Å². The third-order valence-corrected chi connectivity index (χ3v) is 3.15. The Bertz CT molecular complexity index is 739. The van der Waals surface area contributed by atoms with Crippen LogP contribution in [-0.4, -0.2) is 10.9 Å². The van der Waals surface area contributed by atoms with E-state index in [1.54, 1.807) is 18.3 Å². The maximum Gasteiger partial charge on any atom is 0.255 e. The molecule has 3 rings (SSSR count). The molecule has 0 aliphatic heterocycles. The van der Waals surface area contributed by atoms with Crippen LogP contribution in [0.1, 0.15) is 10.4 Å². The Balaban J connectivity index is 1.92. The highest BCUT2D eigenvalue weighted by atomic mass is 16.1. The predicted octanol–water partition coefficient (Wildman–Crippen LogP) is 4.00. The summed E-state index contributed by atoms with van der Waals surface area (Å²) in [6.45, 7) is 0. The number of nitrogens with zero attached hydrogens (tertiary/aromatic N) is 1. The molecule has 0 saturated heterocycles. The number of rotatable bonds is 3. The van der Waals surface area contributed by atoms with Crippen molar-refractivity contribution in [1.82, 2.24) is 4.98 Å². The van der Waals surface area contributed by atoms with E-state index < -0.39 is 0 Å². The number of amides is 1. The normalized spacial score (nSPS) is 10.1. The number of para-hydroxylation sites is 1. The van der Waals surface area contributed by atoms with Crippen molar-refractivity contribution in [3.05, 3.63) is 84.6 Å². The van der Waals surface area contributed by atoms with Crippen LogP contribution in [0.2, 0.25) is 0 Å². The van der Waals surface area contributed by atoms with E-state index in [1.807, 2.05) is 60.7 Å². The molecule has 1 amide bonds. The van der Waals surface area contributed by atoms with Crippen LogP contribution in [0.3, 0.4) is 0 Å². The monoisotopic (exact) mass is 274 g/mol. The molecule has 0 bridgehead atoms. The van der Waals surface area contributed by atoms with E-state index in [1.165, 1.54) is 0 Å². The molecule has 1 aromatic heterocycles. The van der Waals surface area contributed by atoms with E-state index in [-0.39, 0.29) is 5.91 Å². The summed E-state index contributed by atoms with van der Waals surface area (Å²) in [5.74, 6) is -0.126. The quantitative estimate of drug-likeness (QED) is 0.784. The van der Waals surface area contributed by atoms with Crippen LogP contribution in [0.5, 0.6) is 0 Å². The number of carbonyl (C=O) groups excluding carboxylic acids is 1. The van der Waals surface area contributed by atoms with Gasteiger partial charge in [0.15, 0.2) is 0 Å². The molecule has 0 spiro atoms. The molecule has 2 aromatic carbocycles. The Hall–Kier alpha value is -2.94. The van der Waals surface area contributed by atoms with Gasteiger partial charge in [0.2, 0.25) is 0 Å². The zero-order valence-corrected chi connectivity index (χ0v) is 11.4. The van der Waals surface area contributed by atoms with E-state index in [0.717, 1.165) is 16.9 Å². The number of benzene rings is 2. The molecule has 0 atom stereocenters. The molecular weight excluding hydrogens is 260 g/mol. The van der Waals surface area contributed by atoms with Crippen molar-refractivity contribution in [3.8, 4) is 11.3 Å². The van der Waals surface area contributed by atoms with Crippen LogP contribution < -0.4 is 5.32 Å². The van der Waals surface area contributed by atoms with Crippen molar-refractivity contribution in [3.63, 3.8) is 0 Å². The minimum atomic E-state index is -0.126. The van der Waals surface area contributed by atoms with Gasteiger partial charge >= 0.3 is 0 Å². The van der Waals surface area contributed by atoms with Gasteiger partial charge in [0.1, 0.15) is 0 Å². The molecule has 0 unspecified atom stereocenters. The summed E-state index contributed by atoms with van der Waals surface area (Å²) < 4.78 is 0. The van der Waals surface area contributed by atoms with Crippen LogP contribution in [0.25, 0.3) is 11.3 Å². The van der Waals surface area contributed by atoms with E-state index in [4.69, 9.17) is 0 Å². The smallest absolute Gasteiger partial charge is 0.255 e. The molecule has 0 fully saturated rings. The van der Waals surface area contributed by atoms with Crippen LogP contribution >= 0.6 is 0 Å². The Kier molecular flexibility index (Phi) is 3.74. The summed E-state index contributed by atoms with van der Waals surface area (Å²) in [5, 5.41) is 2.95. The number of nitrogens with one attached hydrogen (secondary N) is 1. The SMILES string of the molecule is O=C(Nc1ccccc1-c1ccccn1)c1ccccc1. The fourth-order valence-electron chi connectivity index (χ4n) is 2.12. The van der Waals surface area contributed by atoms with E-state index >= 15 is 0 Å². The standard InChI is InChI=1S/C18H14N2O/c21-18(14-8-2-1-3-9-14)20-17-12-5-4-10-15(17)16-11-6-7-13-19-16/h1-13H,(H,20,21). The fraction of sp³-hybridized carbons (Fsp3) is 0. The molecule has 1 heterocycles. The third-order valence-electron chi connectivity index (χ3n) is 3.15. The highest BCUT2D eigenvalue weighted by molar-refractivity contribution is 6.06. The highest BCUT2D eigenvalue weighted by Gasteiger charge is 2.10. The zero-order chi connectivity index (χ0) is 14.5. The van der Waals surface area contributed by atoms with Crippen LogP contribution in [0.15, 0.2) is 79.0 Å². The van der Waals surface area contributed by atoms with Gasteiger partial charge in [0.05, 0.1) is 11.4 Å². The van der Waals surface area contributed by atoms with Crippen molar-refractivity contribution in [2.45, 2.75) is 0 Å². The van der Waals surface area contributed by atoms with Crippen molar-refractivity contribution in [2.24, 2.45) is 0 Å². The topological polar surface area (TPSA) is 42.0 Å². The van der Waals surface area contributed by atoms with Crippen molar-refractivity contribution in [2.75, 3.05) is 5.32 Å². The minimum absolute atomic E-state index is 0.126. The van der Waals surface area contributed by atoms with Crippen LogP contribution in [0, 0.1) is 0 Å². The maximum absolute atomic E-state index is 12.3. The Morgan fingerprint density at radius 1 is 0.810 bits per heavy atom. The summed E-state index contributed by atoms with van der Waals surface area (Å²) in [7, 11) is 0. The molecule has 0 radical (unpaired) electrons. The van der Waals surface area contributed by atoms with Crippen molar-refractivity contribution < 1.29 is 4.79 Å². The highest BCUT2D eigenvalue weighted by Crippen LogP contribution is 2.26. The fourth-order valence-corrected chi connectivity index (χ4v) is 2.12.